The van der Waals surface area contributed by atoms with E-state index in [-0.39, 0.29) is 11.3 Å². The van der Waals surface area contributed by atoms with Crippen molar-refractivity contribution in [1.82, 2.24) is 4.98 Å². The van der Waals surface area contributed by atoms with Crippen LogP contribution in [0.1, 0.15) is 25.3 Å². The van der Waals surface area contributed by atoms with Crippen LogP contribution in [-0.4, -0.2) is 10.1 Å². The maximum Gasteiger partial charge on any atom is 0.255 e. The summed E-state index contributed by atoms with van der Waals surface area (Å²) in [7, 11) is 0. The Bertz CT molecular complexity index is 604. The highest BCUT2D eigenvalue weighted by Crippen LogP contribution is 2.26. The first-order valence-electron chi connectivity index (χ1n) is 5.67. The molecule has 1 aromatic heterocycles. The predicted molar refractivity (Wildman–Crippen MR) is 64.8 cm³/mol. The first-order valence-corrected chi connectivity index (χ1v) is 5.67. The Morgan fingerprint density at radius 1 is 1.41 bits per heavy atom. The normalized spacial score (nSPS) is 10.9. The fraction of sp³-hybridized carbons (Fsp3) is 0.308. The third-order valence-electron chi connectivity index (χ3n) is 2.83. The molecule has 0 aliphatic carbocycles. The molecule has 0 radical (unpaired) electrons. The molecule has 2 aromatic rings. The highest BCUT2D eigenvalue weighted by Gasteiger charge is 2.11. The van der Waals surface area contributed by atoms with Crippen molar-refractivity contribution in [1.29, 1.82) is 0 Å². The molecule has 4 heteroatoms. The van der Waals surface area contributed by atoms with Gasteiger partial charge in [0.15, 0.2) is 0 Å². The molecular weight excluding hydrogens is 221 g/mol. The number of hydrogen-bond donors (Lipinski definition) is 2. The molecule has 0 amide bonds. The van der Waals surface area contributed by atoms with Crippen molar-refractivity contribution in [3.8, 4) is 5.75 Å². The van der Waals surface area contributed by atoms with Gasteiger partial charge in [0, 0.05) is 5.39 Å². The number of pyridine rings is 1. The van der Waals surface area contributed by atoms with E-state index in [4.69, 9.17) is 0 Å². The van der Waals surface area contributed by atoms with Gasteiger partial charge in [-0.15, -0.1) is 0 Å². The minimum atomic E-state index is -0.429. The minimum absolute atomic E-state index is 0.100. The molecule has 1 aromatic carbocycles. The number of unbranched alkanes of at least 4 members (excludes halogenated alkanes) is 1. The van der Waals surface area contributed by atoms with Gasteiger partial charge < -0.3 is 10.1 Å². The Hall–Kier alpha value is -1.84. The number of nitrogens with one attached hydrogen (secondary N) is 1. The summed E-state index contributed by atoms with van der Waals surface area (Å²) >= 11 is 0. The highest BCUT2D eigenvalue weighted by molar-refractivity contribution is 5.85. The maximum absolute atomic E-state index is 13.1. The van der Waals surface area contributed by atoms with Gasteiger partial charge in [0.25, 0.3) is 5.56 Å². The number of aromatic nitrogens is 1. The van der Waals surface area contributed by atoms with Gasteiger partial charge in [0.2, 0.25) is 0 Å². The number of aromatic amines is 1. The molecule has 2 rings (SSSR count). The largest absolute Gasteiger partial charge is 0.507 e. The van der Waals surface area contributed by atoms with Crippen LogP contribution in [-0.2, 0) is 6.42 Å². The average molecular weight is 235 g/mol. The van der Waals surface area contributed by atoms with Crippen LogP contribution in [0.4, 0.5) is 4.39 Å². The Morgan fingerprint density at radius 3 is 2.88 bits per heavy atom. The van der Waals surface area contributed by atoms with Crippen molar-refractivity contribution in [2.45, 2.75) is 26.2 Å². The van der Waals surface area contributed by atoms with E-state index in [2.05, 4.69) is 4.98 Å². The summed E-state index contributed by atoms with van der Waals surface area (Å²) in [5, 5.41) is 10.4. The number of fused-ring (bicyclic) bond motifs is 1. The second-order valence-electron chi connectivity index (χ2n) is 4.07. The van der Waals surface area contributed by atoms with Crippen LogP contribution in [0.5, 0.6) is 5.75 Å². The molecule has 17 heavy (non-hydrogen) atoms. The van der Waals surface area contributed by atoms with E-state index >= 15 is 0 Å². The van der Waals surface area contributed by atoms with Crippen molar-refractivity contribution in [3.63, 3.8) is 0 Å². The average Bonchev–Trinajstić information content (AvgIpc) is 2.30. The van der Waals surface area contributed by atoms with E-state index in [0.29, 0.717) is 22.9 Å². The summed E-state index contributed by atoms with van der Waals surface area (Å²) in [6.07, 6.45) is 2.25. The van der Waals surface area contributed by atoms with Gasteiger partial charge in [-0.2, -0.15) is 0 Å². The van der Waals surface area contributed by atoms with Crippen LogP contribution in [0.25, 0.3) is 10.9 Å². The monoisotopic (exact) mass is 235 g/mol. The van der Waals surface area contributed by atoms with E-state index in [1.807, 2.05) is 6.92 Å². The lowest BCUT2D eigenvalue weighted by atomic mass is 10.1. The summed E-state index contributed by atoms with van der Waals surface area (Å²) < 4.78 is 13.1. The van der Waals surface area contributed by atoms with Crippen molar-refractivity contribution in [2.75, 3.05) is 0 Å². The van der Waals surface area contributed by atoms with Crippen LogP contribution >= 0.6 is 0 Å². The van der Waals surface area contributed by atoms with Gasteiger partial charge >= 0.3 is 0 Å². The SMILES string of the molecule is CCCCc1c(O)c2cc(F)ccc2[nH]c1=O. The molecule has 2 N–H and O–H groups in total. The predicted octanol–water partition coefficient (Wildman–Crippen LogP) is 2.72. The Balaban J connectivity index is 2.65. The van der Waals surface area contributed by atoms with E-state index < -0.39 is 5.82 Å². The molecule has 0 saturated heterocycles. The van der Waals surface area contributed by atoms with Crippen LogP contribution in [0.2, 0.25) is 0 Å². The Morgan fingerprint density at radius 2 is 2.18 bits per heavy atom. The van der Waals surface area contributed by atoms with Gasteiger partial charge in [-0.3, -0.25) is 4.79 Å². The van der Waals surface area contributed by atoms with Crippen molar-refractivity contribution >= 4 is 10.9 Å². The lowest BCUT2D eigenvalue weighted by Gasteiger charge is -2.06. The van der Waals surface area contributed by atoms with Crippen LogP contribution < -0.4 is 5.56 Å². The number of hydrogen-bond acceptors (Lipinski definition) is 2. The zero-order valence-electron chi connectivity index (χ0n) is 9.59. The standard InChI is InChI=1S/C13H14FNO2/c1-2-3-4-9-12(16)10-7-8(14)5-6-11(10)15-13(9)17/h5-7H,2-4H2,1H3,(H2,15,16,17). The molecule has 3 nitrogen and oxygen atoms in total. The first kappa shape index (κ1) is 11.6. The number of benzene rings is 1. The Labute approximate surface area is 97.9 Å². The van der Waals surface area contributed by atoms with E-state index in [1.54, 1.807) is 0 Å². The van der Waals surface area contributed by atoms with E-state index in [0.717, 1.165) is 12.8 Å². The quantitative estimate of drug-likeness (QED) is 0.859. The van der Waals surface area contributed by atoms with Crippen LogP contribution in [0.3, 0.4) is 0 Å². The molecule has 0 unspecified atom stereocenters. The molecule has 0 aliphatic rings. The van der Waals surface area contributed by atoms with Crippen LogP contribution in [0, 0.1) is 5.82 Å². The molecule has 0 spiro atoms. The molecule has 90 valence electrons. The van der Waals surface area contributed by atoms with E-state index in [9.17, 15) is 14.3 Å². The second-order valence-corrected chi connectivity index (χ2v) is 4.07. The van der Waals surface area contributed by atoms with E-state index in [1.165, 1.54) is 18.2 Å². The van der Waals surface area contributed by atoms with Gasteiger partial charge in [0.05, 0.1) is 11.1 Å². The molecule has 0 atom stereocenters. The van der Waals surface area contributed by atoms with Gasteiger partial charge in [-0.05, 0) is 31.0 Å². The summed E-state index contributed by atoms with van der Waals surface area (Å²) in [5.41, 5.74) is 0.495. The minimum Gasteiger partial charge on any atom is -0.507 e. The third-order valence-corrected chi connectivity index (χ3v) is 2.83. The third kappa shape index (κ3) is 2.16. The number of aromatic hydroxyl groups is 1. The maximum atomic E-state index is 13.1. The molecule has 0 aliphatic heterocycles. The summed E-state index contributed by atoms with van der Waals surface area (Å²) in [6.45, 7) is 2.01. The fourth-order valence-electron chi connectivity index (χ4n) is 1.87. The lowest BCUT2D eigenvalue weighted by Crippen LogP contribution is -2.12. The molecule has 0 fully saturated rings. The van der Waals surface area contributed by atoms with Gasteiger partial charge in [-0.25, -0.2) is 4.39 Å². The first-order chi connectivity index (χ1) is 8.13. The van der Waals surface area contributed by atoms with Crippen LogP contribution in [0.15, 0.2) is 23.0 Å². The second kappa shape index (κ2) is 4.57. The number of rotatable bonds is 3. The number of H-pyrrole nitrogens is 1. The van der Waals surface area contributed by atoms with Gasteiger partial charge in [0.1, 0.15) is 11.6 Å². The fourth-order valence-corrected chi connectivity index (χ4v) is 1.87. The van der Waals surface area contributed by atoms with Gasteiger partial charge in [-0.1, -0.05) is 13.3 Å². The smallest absolute Gasteiger partial charge is 0.255 e. The Kier molecular flexibility index (Phi) is 3.13. The molecule has 1 heterocycles. The summed E-state index contributed by atoms with van der Waals surface area (Å²) in [5.74, 6) is -0.530. The topological polar surface area (TPSA) is 53.1 Å². The molecular formula is C13H14FNO2. The van der Waals surface area contributed by atoms with Crippen molar-refractivity contribution in [3.05, 3.63) is 39.9 Å². The number of halogens is 1. The highest BCUT2D eigenvalue weighted by atomic mass is 19.1. The summed E-state index contributed by atoms with van der Waals surface area (Å²) in [6, 6.07) is 3.94. The van der Waals surface area contributed by atoms with Crippen molar-refractivity contribution < 1.29 is 9.50 Å². The zero-order chi connectivity index (χ0) is 12.4. The lowest BCUT2D eigenvalue weighted by molar-refractivity contribution is 0.471. The molecule has 0 bridgehead atoms. The molecule has 0 saturated carbocycles. The zero-order valence-corrected chi connectivity index (χ0v) is 9.59. The summed E-state index contributed by atoms with van der Waals surface area (Å²) in [4.78, 5) is 14.4. The van der Waals surface area contributed by atoms with Crippen molar-refractivity contribution in [2.24, 2.45) is 0 Å².